The molecule has 0 aliphatic carbocycles. The lowest BCUT2D eigenvalue weighted by molar-refractivity contribution is 0.184. The van der Waals surface area contributed by atoms with Crippen molar-refractivity contribution in [2.24, 2.45) is 5.92 Å². The second kappa shape index (κ2) is 6.60. The van der Waals surface area contributed by atoms with Crippen LogP contribution < -0.4 is 10.1 Å². The smallest absolute Gasteiger partial charge is 0.118 e. The van der Waals surface area contributed by atoms with E-state index in [9.17, 15) is 0 Å². The zero-order valence-electron chi connectivity index (χ0n) is 11.5. The van der Waals surface area contributed by atoms with Gasteiger partial charge in [0.05, 0.1) is 7.11 Å². The molecule has 1 aromatic rings. The van der Waals surface area contributed by atoms with Gasteiger partial charge in [0.25, 0.3) is 0 Å². The molecule has 3 rings (SSSR count). The van der Waals surface area contributed by atoms with Crippen LogP contribution in [0.2, 0.25) is 0 Å². The summed E-state index contributed by atoms with van der Waals surface area (Å²) in [5, 5.41) is 3.51. The first kappa shape index (κ1) is 14.6. The summed E-state index contributed by atoms with van der Waals surface area (Å²) in [4.78, 5) is 2.66. The molecule has 2 heterocycles. The minimum absolute atomic E-state index is 0. The summed E-state index contributed by atoms with van der Waals surface area (Å²) in [5.74, 6) is 1.82. The summed E-state index contributed by atoms with van der Waals surface area (Å²) in [6.45, 7) is 4.73. The minimum Gasteiger partial charge on any atom is -0.497 e. The van der Waals surface area contributed by atoms with Crippen molar-refractivity contribution >= 4 is 12.4 Å². The van der Waals surface area contributed by atoms with Gasteiger partial charge >= 0.3 is 0 Å². The van der Waals surface area contributed by atoms with E-state index in [4.69, 9.17) is 4.74 Å². The number of likely N-dealkylation sites (tertiary alicyclic amines) is 1. The summed E-state index contributed by atoms with van der Waals surface area (Å²) < 4.78 is 5.20. The number of benzene rings is 1. The second-order valence-electron chi connectivity index (χ2n) is 5.43. The fourth-order valence-electron chi connectivity index (χ4n) is 3.34. The molecular weight excluding hydrogens is 260 g/mol. The predicted octanol–water partition coefficient (Wildman–Crippen LogP) is 2.30. The highest BCUT2D eigenvalue weighted by Crippen LogP contribution is 2.29. The van der Waals surface area contributed by atoms with Gasteiger partial charge in [0.2, 0.25) is 0 Å². The van der Waals surface area contributed by atoms with E-state index in [-0.39, 0.29) is 12.4 Å². The monoisotopic (exact) mass is 282 g/mol. The molecule has 0 amide bonds. The first-order valence-electron chi connectivity index (χ1n) is 6.94. The van der Waals surface area contributed by atoms with Crippen molar-refractivity contribution < 1.29 is 4.74 Å². The highest BCUT2D eigenvalue weighted by molar-refractivity contribution is 5.85. The third-order valence-corrected chi connectivity index (χ3v) is 4.37. The van der Waals surface area contributed by atoms with E-state index < -0.39 is 0 Å². The van der Waals surface area contributed by atoms with Gasteiger partial charge in [-0.2, -0.15) is 0 Å². The molecule has 3 nitrogen and oxygen atoms in total. The van der Waals surface area contributed by atoms with E-state index in [1.165, 1.54) is 38.0 Å². The number of nitrogens with one attached hydrogen (secondary N) is 1. The molecule has 2 fully saturated rings. The predicted molar refractivity (Wildman–Crippen MR) is 80.0 cm³/mol. The molecule has 2 saturated heterocycles. The van der Waals surface area contributed by atoms with Gasteiger partial charge < -0.3 is 10.1 Å². The van der Waals surface area contributed by atoms with Crippen LogP contribution in [0.4, 0.5) is 0 Å². The van der Waals surface area contributed by atoms with E-state index >= 15 is 0 Å². The zero-order valence-corrected chi connectivity index (χ0v) is 12.3. The van der Waals surface area contributed by atoms with Gasteiger partial charge in [-0.3, -0.25) is 4.90 Å². The average Bonchev–Trinajstić information content (AvgIpc) is 2.83. The average molecular weight is 283 g/mol. The SMILES string of the molecule is COc1ccc(CN2CCC3CNCCC32)cc1.Cl. The molecule has 1 aromatic carbocycles. The first-order chi connectivity index (χ1) is 8.86. The maximum atomic E-state index is 5.20. The van der Waals surface area contributed by atoms with Crippen LogP contribution in [-0.2, 0) is 6.54 Å². The van der Waals surface area contributed by atoms with E-state index in [0.29, 0.717) is 0 Å². The summed E-state index contributed by atoms with van der Waals surface area (Å²) in [7, 11) is 1.72. The van der Waals surface area contributed by atoms with E-state index in [0.717, 1.165) is 24.3 Å². The molecule has 2 aliphatic heterocycles. The van der Waals surface area contributed by atoms with Gasteiger partial charge in [0, 0.05) is 12.6 Å². The Morgan fingerprint density at radius 1 is 1.26 bits per heavy atom. The number of halogens is 1. The Balaban J connectivity index is 0.00000133. The van der Waals surface area contributed by atoms with Crippen molar-refractivity contribution in [3.63, 3.8) is 0 Å². The number of rotatable bonds is 3. The first-order valence-corrected chi connectivity index (χ1v) is 6.94. The van der Waals surface area contributed by atoms with Crippen LogP contribution in [0.15, 0.2) is 24.3 Å². The molecule has 0 radical (unpaired) electrons. The van der Waals surface area contributed by atoms with Crippen LogP contribution in [-0.4, -0.2) is 37.7 Å². The second-order valence-corrected chi connectivity index (χ2v) is 5.43. The topological polar surface area (TPSA) is 24.5 Å². The highest BCUT2D eigenvalue weighted by atomic mass is 35.5. The Hall–Kier alpha value is -0.770. The lowest BCUT2D eigenvalue weighted by Crippen LogP contribution is -2.43. The third kappa shape index (κ3) is 3.22. The number of methoxy groups -OCH3 is 1. The largest absolute Gasteiger partial charge is 0.497 e. The Bertz CT molecular complexity index is 396. The number of nitrogens with zero attached hydrogens (tertiary/aromatic N) is 1. The van der Waals surface area contributed by atoms with Gasteiger partial charge in [-0.1, -0.05) is 12.1 Å². The van der Waals surface area contributed by atoms with Gasteiger partial charge in [-0.05, 0) is 56.1 Å². The molecule has 0 saturated carbocycles. The quantitative estimate of drug-likeness (QED) is 0.921. The van der Waals surface area contributed by atoms with Crippen LogP contribution in [0.1, 0.15) is 18.4 Å². The number of fused-ring (bicyclic) bond motifs is 1. The molecule has 1 N–H and O–H groups in total. The Kier molecular flexibility index (Phi) is 5.08. The number of hydrogen-bond donors (Lipinski definition) is 1. The van der Waals surface area contributed by atoms with Crippen molar-refractivity contribution in [2.75, 3.05) is 26.7 Å². The molecule has 4 heteroatoms. The Morgan fingerprint density at radius 3 is 2.79 bits per heavy atom. The summed E-state index contributed by atoms with van der Waals surface area (Å²) in [5.41, 5.74) is 1.40. The molecule has 0 bridgehead atoms. The van der Waals surface area contributed by atoms with Gasteiger partial charge in [-0.25, -0.2) is 0 Å². The standard InChI is InChI=1S/C15H22N2O.ClH/c1-18-14-4-2-12(3-5-14)11-17-9-7-13-10-16-8-6-15(13)17;/h2-5,13,15-16H,6-11H2,1H3;1H. The van der Waals surface area contributed by atoms with Crippen LogP contribution >= 0.6 is 12.4 Å². The van der Waals surface area contributed by atoms with Crippen molar-refractivity contribution in [2.45, 2.75) is 25.4 Å². The maximum Gasteiger partial charge on any atom is 0.118 e. The Labute approximate surface area is 121 Å². The number of ether oxygens (including phenoxy) is 1. The number of hydrogen-bond acceptors (Lipinski definition) is 3. The highest BCUT2D eigenvalue weighted by Gasteiger charge is 2.35. The third-order valence-electron chi connectivity index (χ3n) is 4.37. The lowest BCUT2D eigenvalue weighted by atomic mass is 9.94. The van der Waals surface area contributed by atoms with Crippen molar-refractivity contribution in [3.05, 3.63) is 29.8 Å². The zero-order chi connectivity index (χ0) is 12.4. The Morgan fingerprint density at radius 2 is 2.05 bits per heavy atom. The molecule has 0 spiro atoms. The fraction of sp³-hybridized carbons (Fsp3) is 0.600. The normalized spacial score (nSPS) is 26.6. The van der Waals surface area contributed by atoms with Crippen molar-refractivity contribution in [3.8, 4) is 5.75 Å². The summed E-state index contributed by atoms with van der Waals surface area (Å²) >= 11 is 0. The van der Waals surface area contributed by atoms with Crippen molar-refractivity contribution in [1.29, 1.82) is 0 Å². The summed E-state index contributed by atoms with van der Waals surface area (Å²) in [6.07, 6.45) is 2.66. The maximum absolute atomic E-state index is 5.20. The van der Waals surface area contributed by atoms with E-state index in [1.54, 1.807) is 7.11 Å². The molecule has 0 aromatic heterocycles. The lowest BCUT2D eigenvalue weighted by Gasteiger charge is -2.32. The van der Waals surface area contributed by atoms with Crippen molar-refractivity contribution in [1.82, 2.24) is 10.2 Å². The molecular formula is C15H23ClN2O. The van der Waals surface area contributed by atoms with Gasteiger partial charge in [-0.15, -0.1) is 12.4 Å². The minimum atomic E-state index is 0. The summed E-state index contributed by atoms with van der Waals surface area (Å²) in [6, 6.07) is 9.30. The molecule has 19 heavy (non-hydrogen) atoms. The van der Waals surface area contributed by atoms with Crippen LogP contribution in [0.3, 0.4) is 0 Å². The van der Waals surface area contributed by atoms with E-state index in [2.05, 4.69) is 34.5 Å². The van der Waals surface area contributed by atoms with Crippen LogP contribution in [0, 0.1) is 5.92 Å². The van der Waals surface area contributed by atoms with E-state index in [1.807, 2.05) is 0 Å². The fourth-order valence-corrected chi connectivity index (χ4v) is 3.34. The molecule has 2 unspecified atom stereocenters. The molecule has 2 atom stereocenters. The van der Waals surface area contributed by atoms with Gasteiger partial charge in [0.1, 0.15) is 5.75 Å². The van der Waals surface area contributed by atoms with Gasteiger partial charge in [0.15, 0.2) is 0 Å². The van der Waals surface area contributed by atoms with Crippen LogP contribution in [0.25, 0.3) is 0 Å². The molecule has 2 aliphatic rings. The van der Waals surface area contributed by atoms with Crippen LogP contribution in [0.5, 0.6) is 5.75 Å². The number of piperidine rings is 1. The molecule has 106 valence electrons.